The molecule has 0 atom stereocenters. The Hall–Kier alpha value is -3.16. The largest absolute Gasteiger partial charge is 0.416 e. The maximum absolute atomic E-state index is 13.5. The average Bonchev–Trinajstić information content (AvgIpc) is 3.11. The summed E-state index contributed by atoms with van der Waals surface area (Å²) < 4.78 is 55.0. The van der Waals surface area contributed by atoms with Crippen molar-refractivity contribution in [2.75, 3.05) is 0 Å². The van der Waals surface area contributed by atoms with Crippen LogP contribution in [-0.4, -0.2) is 26.4 Å². The van der Waals surface area contributed by atoms with Crippen molar-refractivity contribution in [3.8, 4) is 0 Å². The quantitative estimate of drug-likeness (QED) is 0.519. The molecule has 0 aliphatic heterocycles. The molecule has 0 saturated carbocycles. The third kappa shape index (κ3) is 4.87. The van der Waals surface area contributed by atoms with Crippen molar-refractivity contribution in [3.63, 3.8) is 0 Å². The monoisotopic (exact) mass is 419 g/mol. The van der Waals surface area contributed by atoms with Crippen LogP contribution in [0.2, 0.25) is 0 Å². The molecule has 3 rings (SSSR count). The van der Waals surface area contributed by atoms with Gasteiger partial charge in [-0.3, -0.25) is 4.79 Å². The van der Waals surface area contributed by atoms with Crippen molar-refractivity contribution < 1.29 is 22.4 Å². The fourth-order valence-electron chi connectivity index (χ4n) is 3.18. The minimum Gasteiger partial charge on any atom is -0.329 e. The highest BCUT2D eigenvalue weighted by atomic mass is 19.4. The van der Waals surface area contributed by atoms with Gasteiger partial charge in [-0.1, -0.05) is 24.3 Å². The number of carbonyl (C=O) groups is 1. The van der Waals surface area contributed by atoms with Crippen LogP contribution in [0.25, 0.3) is 0 Å². The Balaban J connectivity index is 1.87. The van der Waals surface area contributed by atoms with E-state index in [1.165, 1.54) is 41.4 Å². The molecule has 30 heavy (non-hydrogen) atoms. The Labute approximate surface area is 171 Å². The number of hydrogen-bond donors (Lipinski definition) is 0. The predicted octanol–water partition coefficient (Wildman–Crippen LogP) is 5.14. The lowest BCUT2D eigenvalue weighted by Gasteiger charge is -2.27. The van der Waals surface area contributed by atoms with Gasteiger partial charge >= 0.3 is 6.18 Å². The summed E-state index contributed by atoms with van der Waals surface area (Å²) in [6.07, 6.45) is -1.40. The standard InChI is InChI=1S/C22H21F4N3O/c1-15(2)29(21(30)16-7-5-8-18(23)12-16)14-20-27-10-11-28(20)13-17-6-3-4-9-19(17)22(24,25)26/h3-12,15H,13-14H2,1-2H3. The Morgan fingerprint density at radius 2 is 1.87 bits per heavy atom. The highest BCUT2D eigenvalue weighted by molar-refractivity contribution is 5.94. The van der Waals surface area contributed by atoms with Crippen molar-refractivity contribution in [2.45, 2.75) is 39.2 Å². The number of benzene rings is 2. The molecule has 0 aliphatic rings. The van der Waals surface area contributed by atoms with Gasteiger partial charge in [0, 0.05) is 30.5 Å². The van der Waals surface area contributed by atoms with Crippen LogP contribution in [0.3, 0.4) is 0 Å². The maximum atomic E-state index is 13.5. The summed E-state index contributed by atoms with van der Waals surface area (Å²) in [7, 11) is 0. The summed E-state index contributed by atoms with van der Waals surface area (Å²) in [5.74, 6) is -0.463. The van der Waals surface area contributed by atoms with Gasteiger partial charge in [0.25, 0.3) is 5.91 Å². The second-order valence-corrected chi connectivity index (χ2v) is 7.16. The van der Waals surface area contributed by atoms with E-state index in [1.807, 2.05) is 13.8 Å². The zero-order valence-corrected chi connectivity index (χ0v) is 16.5. The van der Waals surface area contributed by atoms with E-state index in [0.717, 1.165) is 12.1 Å². The van der Waals surface area contributed by atoms with Gasteiger partial charge in [-0.25, -0.2) is 9.37 Å². The molecule has 1 amide bonds. The summed E-state index contributed by atoms with van der Waals surface area (Å²) in [4.78, 5) is 18.6. The second-order valence-electron chi connectivity index (χ2n) is 7.16. The third-order valence-electron chi connectivity index (χ3n) is 4.73. The lowest BCUT2D eigenvalue weighted by Crippen LogP contribution is -2.37. The first kappa shape index (κ1) is 21.5. The second kappa shape index (κ2) is 8.69. The number of nitrogens with zero attached hydrogens (tertiary/aromatic N) is 3. The molecule has 0 bridgehead atoms. The first-order valence-corrected chi connectivity index (χ1v) is 9.38. The minimum atomic E-state index is -4.46. The van der Waals surface area contributed by atoms with E-state index in [9.17, 15) is 22.4 Å². The van der Waals surface area contributed by atoms with Gasteiger partial charge in [0.15, 0.2) is 0 Å². The number of rotatable bonds is 6. The number of carbonyl (C=O) groups excluding carboxylic acids is 1. The summed E-state index contributed by atoms with van der Waals surface area (Å²) >= 11 is 0. The SMILES string of the molecule is CC(C)N(Cc1nccn1Cc1ccccc1C(F)(F)F)C(=O)c1cccc(F)c1. The zero-order valence-electron chi connectivity index (χ0n) is 16.5. The Morgan fingerprint density at radius 3 is 2.53 bits per heavy atom. The van der Waals surface area contributed by atoms with Gasteiger partial charge in [0.1, 0.15) is 11.6 Å². The number of imidazole rings is 1. The fraction of sp³-hybridized carbons (Fsp3) is 0.273. The predicted molar refractivity (Wildman–Crippen MR) is 104 cm³/mol. The molecule has 0 spiro atoms. The molecule has 158 valence electrons. The number of amides is 1. The third-order valence-corrected chi connectivity index (χ3v) is 4.73. The molecule has 4 nitrogen and oxygen atoms in total. The topological polar surface area (TPSA) is 38.1 Å². The summed E-state index contributed by atoms with van der Waals surface area (Å²) in [6.45, 7) is 3.66. The molecule has 0 fully saturated rings. The first-order chi connectivity index (χ1) is 14.2. The molecule has 3 aromatic rings. The van der Waals surface area contributed by atoms with Crippen molar-refractivity contribution in [2.24, 2.45) is 0 Å². The average molecular weight is 419 g/mol. The number of hydrogen-bond acceptors (Lipinski definition) is 2. The molecule has 1 heterocycles. The molecule has 0 radical (unpaired) electrons. The van der Waals surface area contributed by atoms with Crippen LogP contribution in [0.15, 0.2) is 60.9 Å². The number of aromatic nitrogens is 2. The Kier molecular flexibility index (Phi) is 6.24. The van der Waals surface area contributed by atoms with Gasteiger partial charge < -0.3 is 9.47 Å². The lowest BCUT2D eigenvalue weighted by atomic mass is 10.1. The van der Waals surface area contributed by atoms with Crippen LogP contribution in [0, 0.1) is 5.82 Å². The van der Waals surface area contributed by atoms with Gasteiger partial charge in [-0.05, 0) is 43.7 Å². The molecule has 2 aromatic carbocycles. The van der Waals surface area contributed by atoms with E-state index in [4.69, 9.17) is 0 Å². The first-order valence-electron chi connectivity index (χ1n) is 9.38. The van der Waals surface area contributed by atoms with E-state index < -0.39 is 17.6 Å². The van der Waals surface area contributed by atoms with Crippen LogP contribution < -0.4 is 0 Å². The highest BCUT2D eigenvalue weighted by Gasteiger charge is 2.33. The van der Waals surface area contributed by atoms with E-state index in [0.29, 0.717) is 5.82 Å². The molecule has 0 aliphatic carbocycles. The summed E-state index contributed by atoms with van der Waals surface area (Å²) in [5, 5.41) is 0. The van der Waals surface area contributed by atoms with E-state index in [1.54, 1.807) is 16.8 Å². The van der Waals surface area contributed by atoms with E-state index >= 15 is 0 Å². The van der Waals surface area contributed by atoms with Crippen LogP contribution in [-0.2, 0) is 19.3 Å². The molecule has 0 saturated heterocycles. The van der Waals surface area contributed by atoms with Gasteiger partial charge in [-0.15, -0.1) is 0 Å². The normalized spacial score (nSPS) is 11.7. The maximum Gasteiger partial charge on any atom is 0.416 e. The number of alkyl halides is 3. The van der Waals surface area contributed by atoms with Crippen molar-refractivity contribution in [3.05, 3.63) is 89.3 Å². The van der Waals surface area contributed by atoms with Crippen molar-refractivity contribution >= 4 is 5.91 Å². The van der Waals surface area contributed by atoms with Gasteiger partial charge in [0.05, 0.1) is 12.1 Å². The van der Waals surface area contributed by atoms with Crippen LogP contribution in [0.5, 0.6) is 0 Å². The zero-order chi connectivity index (χ0) is 21.9. The van der Waals surface area contributed by atoms with Crippen molar-refractivity contribution in [1.29, 1.82) is 0 Å². The van der Waals surface area contributed by atoms with Crippen LogP contribution in [0.4, 0.5) is 17.6 Å². The summed E-state index contributed by atoms with van der Waals surface area (Å²) in [6, 6.07) is 10.5. The smallest absolute Gasteiger partial charge is 0.329 e. The molecule has 0 N–H and O–H groups in total. The Bertz CT molecular complexity index is 1030. The van der Waals surface area contributed by atoms with Gasteiger partial charge in [-0.2, -0.15) is 13.2 Å². The van der Waals surface area contributed by atoms with Gasteiger partial charge in [0.2, 0.25) is 0 Å². The van der Waals surface area contributed by atoms with E-state index in [2.05, 4.69) is 4.98 Å². The lowest BCUT2D eigenvalue weighted by molar-refractivity contribution is -0.138. The Morgan fingerprint density at radius 1 is 1.13 bits per heavy atom. The summed E-state index contributed by atoms with van der Waals surface area (Å²) in [5.41, 5.74) is -0.401. The highest BCUT2D eigenvalue weighted by Crippen LogP contribution is 2.32. The minimum absolute atomic E-state index is 0.0366. The van der Waals surface area contributed by atoms with E-state index in [-0.39, 0.29) is 36.2 Å². The fourth-order valence-corrected chi connectivity index (χ4v) is 3.18. The van der Waals surface area contributed by atoms with Crippen LogP contribution in [0.1, 0.15) is 41.2 Å². The number of halogens is 4. The van der Waals surface area contributed by atoms with Crippen LogP contribution >= 0.6 is 0 Å². The molecule has 0 unspecified atom stereocenters. The molecular weight excluding hydrogens is 398 g/mol. The molecule has 8 heteroatoms. The molecule has 1 aromatic heterocycles. The molecular formula is C22H21F4N3O. The van der Waals surface area contributed by atoms with Crippen molar-refractivity contribution in [1.82, 2.24) is 14.5 Å².